The maximum atomic E-state index is 9.69. The van der Waals surface area contributed by atoms with Crippen LogP contribution >= 0.6 is 0 Å². The molecule has 1 aliphatic rings. The van der Waals surface area contributed by atoms with Crippen LogP contribution in [0.4, 0.5) is 5.82 Å². The summed E-state index contributed by atoms with van der Waals surface area (Å²) in [6.07, 6.45) is 2.65. The first-order valence-corrected chi connectivity index (χ1v) is 7.45. The Hall–Kier alpha value is -1.61. The first-order chi connectivity index (χ1) is 9.69. The molecule has 0 unspecified atom stereocenters. The maximum absolute atomic E-state index is 9.69. The number of aliphatic hydroxyl groups is 1. The van der Waals surface area contributed by atoms with Crippen LogP contribution in [-0.4, -0.2) is 22.7 Å². The van der Waals surface area contributed by atoms with E-state index < -0.39 is 0 Å². The molecule has 106 valence electrons. The molecule has 2 aromatic rings. The lowest BCUT2D eigenvalue weighted by Gasteiger charge is -2.30. The highest BCUT2D eigenvalue weighted by molar-refractivity contribution is 5.81. The van der Waals surface area contributed by atoms with Gasteiger partial charge >= 0.3 is 0 Å². The first kappa shape index (κ1) is 13.4. The smallest absolute Gasteiger partial charge is 0.135 e. The number of anilines is 1. The van der Waals surface area contributed by atoms with E-state index in [1.54, 1.807) is 0 Å². The van der Waals surface area contributed by atoms with E-state index in [2.05, 4.69) is 24.8 Å². The summed E-state index contributed by atoms with van der Waals surface area (Å²) in [6, 6.07) is 10.6. The number of pyridine rings is 1. The second-order valence-corrected chi connectivity index (χ2v) is 6.01. The third-order valence-electron chi connectivity index (χ3n) is 4.00. The number of fused-ring (bicyclic) bond motifs is 1. The summed E-state index contributed by atoms with van der Waals surface area (Å²) in [7, 11) is 0. The number of aromatic nitrogens is 1. The van der Waals surface area contributed by atoms with Crippen LogP contribution in [0.1, 0.15) is 32.3 Å². The van der Waals surface area contributed by atoms with Gasteiger partial charge in [0.15, 0.2) is 0 Å². The molecule has 3 heteroatoms. The molecule has 1 heterocycles. The maximum Gasteiger partial charge on any atom is 0.135 e. The Morgan fingerprint density at radius 2 is 2.05 bits per heavy atom. The zero-order valence-electron chi connectivity index (χ0n) is 12.2. The fraction of sp³-hybridized carbons (Fsp3) is 0.471. The second-order valence-electron chi connectivity index (χ2n) is 6.01. The van der Waals surface area contributed by atoms with Crippen molar-refractivity contribution in [3.63, 3.8) is 0 Å². The minimum absolute atomic E-state index is 0.0427. The third kappa shape index (κ3) is 2.63. The van der Waals surface area contributed by atoms with Crippen molar-refractivity contribution in [2.75, 3.05) is 11.4 Å². The molecule has 1 aromatic heterocycles. The van der Waals surface area contributed by atoms with E-state index in [-0.39, 0.29) is 6.61 Å². The van der Waals surface area contributed by atoms with Gasteiger partial charge in [0.2, 0.25) is 0 Å². The Labute approximate surface area is 120 Å². The molecule has 3 rings (SSSR count). The Bertz CT molecular complexity index is 605. The summed E-state index contributed by atoms with van der Waals surface area (Å²) >= 11 is 0. The molecule has 1 N–H and O–H groups in total. The van der Waals surface area contributed by atoms with Crippen molar-refractivity contribution < 1.29 is 5.11 Å². The van der Waals surface area contributed by atoms with Crippen LogP contribution in [0.3, 0.4) is 0 Å². The number of para-hydroxylation sites is 1. The lowest BCUT2D eigenvalue weighted by Crippen LogP contribution is -2.34. The predicted molar refractivity (Wildman–Crippen MR) is 82.9 cm³/mol. The second kappa shape index (κ2) is 5.41. The molecule has 0 atom stereocenters. The summed E-state index contributed by atoms with van der Waals surface area (Å²) in [5.41, 5.74) is 1.93. The lowest BCUT2D eigenvalue weighted by molar-refractivity contribution is 0.281. The number of aliphatic hydroxyl groups excluding tert-OH is 1. The standard InChI is InChI=1S/C17H22N2O/c1-12(2)19(10-13-7-8-13)17-15(11-20)9-14-5-3-4-6-16(14)18-17/h3-6,9,12-13,20H,7-8,10-11H2,1-2H3. The van der Waals surface area contributed by atoms with E-state index in [9.17, 15) is 5.11 Å². The van der Waals surface area contributed by atoms with Crippen LogP contribution < -0.4 is 4.90 Å². The lowest BCUT2D eigenvalue weighted by atomic mass is 10.1. The largest absolute Gasteiger partial charge is 0.392 e. The van der Waals surface area contributed by atoms with Crippen LogP contribution in [-0.2, 0) is 6.61 Å². The highest BCUT2D eigenvalue weighted by Gasteiger charge is 2.27. The zero-order valence-corrected chi connectivity index (χ0v) is 12.2. The van der Waals surface area contributed by atoms with E-state index in [1.807, 2.05) is 24.3 Å². The highest BCUT2D eigenvalue weighted by atomic mass is 16.3. The van der Waals surface area contributed by atoms with Gasteiger partial charge in [0.25, 0.3) is 0 Å². The molecule has 0 radical (unpaired) electrons. The monoisotopic (exact) mass is 270 g/mol. The predicted octanol–water partition coefficient (Wildman–Crippen LogP) is 3.35. The average molecular weight is 270 g/mol. The fourth-order valence-corrected chi connectivity index (χ4v) is 2.64. The van der Waals surface area contributed by atoms with E-state index >= 15 is 0 Å². The molecule has 0 amide bonds. The van der Waals surface area contributed by atoms with Crippen LogP contribution in [0.25, 0.3) is 10.9 Å². The van der Waals surface area contributed by atoms with Gasteiger partial charge in [0.1, 0.15) is 5.82 Å². The topological polar surface area (TPSA) is 36.4 Å². The first-order valence-electron chi connectivity index (χ1n) is 7.45. The van der Waals surface area contributed by atoms with Crippen LogP contribution in [0.5, 0.6) is 0 Å². The van der Waals surface area contributed by atoms with Gasteiger partial charge in [-0.05, 0) is 44.7 Å². The van der Waals surface area contributed by atoms with Crippen molar-refractivity contribution >= 4 is 16.7 Å². The molecule has 3 nitrogen and oxygen atoms in total. The molecular formula is C17H22N2O. The summed E-state index contributed by atoms with van der Waals surface area (Å²) in [5.74, 6) is 1.75. The molecule has 0 spiro atoms. The van der Waals surface area contributed by atoms with Crippen molar-refractivity contribution in [1.29, 1.82) is 0 Å². The zero-order chi connectivity index (χ0) is 14.1. The van der Waals surface area contributed by atoms with Gasteiger partial charge in [-0.2, -0.15) is 0 Å². The fourth-order valence-electron chi connectivity index (χ4n) is 2.64. The summed E-state index contributed by atoms with van der Waals surface area (Å²) in [6.45, 7) is 5.48. The van der Waals surface area contributed by atoms with Gasteiger partial charge in [-0.3, -0.25) is 0 Å². The molecule has 1 saturated carbocycles. The normalized spacial score (nSPS) is 15.0. The molecule has 0 bridgehead atoms. The summed E-state index contributed by atoms with van der Waals surface area (Å²) in [5, 5.41) is 10.8. The average Bonchev–Trinajstić information content (AvgIpc) is 3.27. The van der Waals surface area contributed by atoms with E-state index in [1.165, 1.54) is 12.8 Å². The van der Waals surface area contributed by atoms with Crippen LogP contribution in [0.15, 0.2) is 30.3 Å². The Kier molecular flexibility index (Phi) is 3.62. The number of hydrogen-bond acceptors (Lipinski definition) is 3. The van der Waals surface area contributed by atoms with Crippen molar-refractivity contribution in [2.45, 2.75) is 39.3 Å². The van der Waals surface area contributed by atoms with Gasteiger partial charge in [0.05, 0.1) is 12.1 Å². The number of nitrogens with zero attached hydrogens (tertiary/aromatic N) is 2. The number of rotatable bonds is 5. The van der Waals surface area contributed by atoms with Gasteiger partial charge in [-0.1, -0.05) is 18.2 Å². The molecular weight excluding hydrogens is 248 g/mol. The van der Waals surface area contributed by atoms with Crippen molar-refractivity contribution in [3.05, 3.63) is 35.9 Å². The molecule has 1 aliphatic carbocycles. The summed E-state index contributed by atoms with van der Waals surface area (Å²) < 4.78 is 0. The van der Waals surface area contributed by atoms with Crippen LogP contribution in [0, 0.1) is 5.92 Å². The molecule has 0 saturated heterocycles. The number of benzene rings is 1. The highest BCUT2D eigenvalue weighted by Crippen LogP contribution is 2.33. The van der Waals surface area contributed by atoms with Gasteiger partial charge in [0, 0.05) is 23.5 Å². The van der Waals surface area contributed by atoms with Gasteiger partial charge in [-0.25, -0.2) is 4.98 Å². The van der Waals surface area contributed by atoms with E-state index in [4.69, 9.17) is 4.98 Å². The van der Waals surface area contributed by atoms with E-state index in [0.29, 0.717) is 6.04 Å². The number of hydrogen-bond donors (Lipinski definition) is 1. The van der Waals surface area contributed by atoms with Gasteiger partial charge < -0.3 is 10.0 Å². The van der Waals surface area contributed by atoms with Gasteiger partial charge in [-0.15, -0.1) is 0 Å². The van der Waals surface area contributed by atoms with Crippen molar-refractivity contribution in [3.8, 4) is 0 Å². The minimum Gasteiger partial charge on any atom is -0.392 e. The van der Waals surface area contributed by atoms with E-state index in [0.717, 1.165) is 34.7 Å². The molecule has 1 aromatic carbocycles. The quantitative estimate of drug-likeness (QED) is 0.905. The molecule has 0 aliphatic heterocycles. The summed E-state index contributed by atoms with van der Waals surface area (Å²) in [4.78, 5) is 7.16. The minimum atomic E-state index is 0.0427. The Morgan fingerprint density at radius 3 is 2.70 bits per heavy atom. The van der Waals surface area contributed by atoms with Crippen molar-refractivity contribution in [1.82, 2.24) is 4.98 Å². The van der Waals surface area contributed by atoms with Crippen LogP contribution in [0.2, 0.25) is 0 Å². The SMILES string of the molecule is CC(C)N(CC1CC1)c1nc2ccccc2cc1CO. The molecule has 1 fully saturated rings. The Morgan fingerprint density at radius 1 is 1.30 bits per heavy atom. The molecule has 20 heavy (non-hydrogen) atoms. The Balaban J connectivity index is 2.06. The third-order valence-corrected chi connectivity index (χ3v) is 4.00. The van der Waals surface area contributed by atoms with Crippen molar-refractivity contribution in [2.24, 2.45) is 5.92 Å².